The van der Waals surface area contributed by atoms with E-state index in [1.54, 1.807) is 5.54 Å². The normalized spacial score (nSPS) is 24.8. The summed E-state index contributed by atoms with van der Waals surface area (Å²) in [5.74, 6) is 0. The lowest BCUT2D eigenvalue weighted by Gasteiger charge is -2.23. The zero-order chi connectivity index (χ0) is 9.52. The van der Waals surface area contributed by atoms with Crippen LogP contribution in [-0.4, -0.2) is 39.0 Å². The Morgan fingerprint density at radius 3 is 3.23 bits per heavy atom. The van der Waals surface area contributed by atoms with E-state index >= 15 is 0 Å². The second-order valence-corrected chi connectivity index (χ2v) is 3.39. The first kappa shape index (κ1) is 11.0. The van der Waals surface area contributed by atoms with Gasteiger partial charge in [0.15, 0.2) is 0 Å². The van der Waals surface area contributed by atoms with Crippen molar-refractivity contribution in [1.82, 2.24) is 5.32 Å². The van der Waals surface area contributed by atoms with Gasteiger partial charge in [0.05, 0.1) is 25.9 Å². The quantitative estimate of drug-likeness (QED) is 0.747. The van der Waals surface area contributed by atoms with Crippen LogP contribution >= 0.6 is 11.6 Å². The van der Waals surface area contributed by atoms with Crippen molar-refractivity contribution in [3.63, 3.8) is 0 Å². The smallest absolute Gasteiger partial charge is 0.0933 e. The molecule has 0 radical (unpaired) electrons. The van der Waals surface area contributed by atoms with E-state index in [0.29, 0.717) is 13.2 Å². The maximum Gasteiger partial charge on any atom is 0.0933 e. The lowest BCUT2D eigenvalue weighted by Crippen LogP contribution is -2.41. The van der Waals surface area contributed by atoms with Crippen molar-refractivity contribution in [2.75, 3.05) is 32.9 Å². The largest absolute Gasteiger partial charge is 0.374 e. The van der Waals surface area contributed by atoms with Crippen molar-refractivity contribution in [2.24, 2.45) is 0 Å². The summed E-state index contributed by atoms with van der Waals surface area (Å²) >= 11 is 5.49. The molecule has 0 aromatic carbocycles. The van der Waals surface area contributed by atoms with Gasteiger partial charge in [0.1, 0.15) is 0 Å². The molecule has 0 aromatic rings. The van der Waals surface area contributed by atoms with Crippen LogP contribution in [-0.2, 0) is 9.47 Å². The van der Waals surface area contributed by atoms with Gasteiger partial charge in [-0.15, -0.1) is 0 Å². The molecule has 1 fully saturated rings. The molecular formula is C9H16ClNO2. The highest BCUT2D eigenvalue weighted by Crippen LogP contribution is 2.00. The van der Waals surface area contributed by atoms with Crippen molar-refractivity contribution in [1.29, 1.82) is 0 Å². The first-order chi connectivity index (χ1) is 6.33. The number of rotatable bonds is 4. The Kier molecular flexibility index (Phi) is 5.39. The molecule has 1 saturated heterocycles. The summed E-state index contributed by atoms with van der Waals surface area (Å²) < 4.78 is 10.9. The van der Waals surface area contributed by atoms with Gasteiger partial charge < -0.3 is 14.8 Å². The van der Waals surface area contributed by atoms with Crippen LogP contribution in [0.3, 0.4) is 0 Å². The number of halogens is 1. The van der Waals surface area contributed by atoms with Crippen LogP contribution < -0.4 is 5.32 Å². The minimum atomic E-state index is 0.192. The standard InChI is InChI=1S/C9H16ClNO2/c1-8(4-10)6-12-7-9-5-11-2-3-13-9/h4,9,11H,2-3,5-7H2,1H3. The van der Waals surface area contributed by atoms with Crippen LogP contribution in [0.5, 0.6) is 0 Å². The van der Waals surface area contributed by atoms with Gasteiger partial charge in [-0.25, -0.2) is 0 Å². The van der Waals surface area contributed by atoms with E-state index in [1.165, 1.54) is 0 Å². The molecule has 0 aromatic heterocycles. The Balaban J connectivity index is 2.04. The van der Waals surface area contributed by atoms with Gasteiger partial charge in [0, 0.05) is 18.6 Å². The number of ether oxygens (including phenoxy) is 2. The monoisotopic (exact) mass is 205 g/mol. The lowest BCUT2D eigenvalue weighted by molar-refractivity contribution is -0.0267. The fourth-order valence-corrected chi connectivity index (χ4v) is 1.17. The number of morpholine rings is 1. The molecule has 1 aliphatic rings. The average Bonchev–Trinajstić information content (AvgIpc) is 2.19. The molecule has 1 unspecified atom stereocenters. The lowest BCUT2D eigenvalue weighted by atomic mass is 10.3. The van der Waals surface area contributed by atoms with Crippen LogP contribution in [0.25, 0.3) is 0 Å². The molecule has 0 saturated carbocycles. The highest BCUT2D eigenvalue weighted by atomic mass is 35.5. The summed E-state index contributed by atoms with van der Waals surface area (Å²) in [5.41, 5.74) is 2.57. The van der Waals surface area contributed by atoms with Crippen LogP contribution in [0.1, 0.15) is 6.92 Å². The molecule has 13 heavy (non-hydrogen) atoms. The van der Waals surface area contributed by atoms with Gasteiger partial charge in [-0.05, 0) is 12.5 Å². The molecule has 0 bridgehead atoms. The van der Waals surface area contributed by atoms with E-state index in [9.17, 15) is 0 Å². The number of nitrogens with one attached hydrogen (secondary N) is 1. The minimum absolute atomic E-state index is 0.192. The summed E-state index contributed by atoms with van der Waals surface area (Å²) in [6.45, 7) is 5.75. The highest BCUT2D eigenvalue weighted by Gasteiger charge is 2.12. The molecule has 1 aliphatic heterocycles. The van der Waals surface area contributed by atoms with E-state index in [1.807, 2.05) is 6.92 Å². The molecule has 1 rings (SSSR count). The molecule has 0 aliphatic carbocycles. The Hall–Kier alpha value is -0.0900. The summed E-state index contributed by atoms with van der Waals surface area (Å²) in [4.78, 5) is 0. The fraction of sp³-hybridized carbons (Fsp3) is 0.778. The minimum Gasteiger partial charge on any atom is -0.374 e. The predicted octanol–water partition coefficient (Wildman–Crippen LogP) is 1.13. The Labute approximate surface area is 84.0 Å². The molecule has 1 heterocycles. The van der Waals surface area contributed by atoms with Crippen LogP contribution in [0, 0.1) is 0 Å². The van der Waals surface area contributed by atoms with E-state index in [-0.39, 0.29) is 6.10 Å². The second-order valence-electron chi connectivity index (χ2n) is 3.17. The molecule has 0 amide bonds. The van der Waals surface area contributed by atoms with Gasteiger partial charge in [-0.2, -0.15) is 0 Å². The molecule has 0 spiro atoms. The summed E-state index contributed by atoms with van der Waals surface area (Å²) in [7, 11) is 0. The van der Waals surface area contributed by atoms with Crippen LogP contribution in [0.2, 0.25) is 0 Å². The molecular weight excluding hydrogens is 190 g/mol. The Morgan fingerprint density at radius 1 is 1.77 bits per heavy atom. The van der Waals surface area contributed by atoms with Crippen molar-refractivity contribution >= 4 is 11.6 Å². The van der Waals surface area contributed by atoms with E-state index in [2.05, 4.69) is 5.32 Å². The van der Waals surface area contributed by atoms with Crippen molar-refractivity contribution in [2.45, 2.75) is 13.0 Å². The zero-order valence-corrected chi connectivity index (χ0v) is 8.64. The van der Waals surface area contributed by atoms with Crippen molar-refractivity contribution < 1.29 is 9.47 Å². The molecule has 4 heteroatoms. The summed E-state index contributed by atoms with van der Waals surface area (Å²) in [6, 6.07) is 0. The molecule has 1 atom stereocenters. The van der Waals surface area contributed by atoms with Gasteiger partial charge in [0.2, 0.25) is 0 Å². The zero-order valence-electron chi connectivity index (χ0n) is 7.88. The average molecular weight is 206 g/mol. The van der Waals surface area contributed by atoms with E-state index in [4.69, 9.17) is 21.1 Å². The molecule has 3 nitrogen and oxygen atoms in total. The SMILES string of the molecule is CC(=CCl)COCC1CNCCO1. The number of hydrogen-bond donors (Lipinski definition) is 1. The Morgan fingerprint density at radius 2 is 2.62 bits per heavy atom. The van der Waals surface area contributed by atoms with E-state index in [0.717, 1.165) is 25.3 Å². The topological polar surface area (TPSA) is 30.5 Å². The molecule has 76 valence electrons. The fourth-order valence-electron chi connectivity index (χ4n) is 1.11. The Bertz CT molecular complexity index is 167. The van der Waals surface area contributed by atoms with Gasteiger partial charge in [0.25, 0.3) is 0 Å². The maximum atomic E-state index is 5.49. The maximum absolute atomic E-state index is 5.49. The second kappa shape index (κ2) is 6.38. The number of hydrogen-bond acceptors (Lipinski definition) is 3. The van der Waals surface area contributed by atoms with E-state index < -0.39 is 0 Å². The molecule has 1 N–H and O–H groups in total. The third kappa shape index (κ3) is 4.62. The first-order valence-corrected chi connectivity index (χ1v) is 4.92. The summed E-state index contributed by atoms with van der Waals surface area (Å²) in [6.07, 6.45) is 0.192. The van der Waals surface area contributed by atoms with Gasteiger partial charge in [-0.3, -0.25) is 0 Å². The van der Waals surface area contributed by atoms with Gasteiger partial charge in [-0.1, -0.05) is 11.6 Å². The van der Waals surface area contributed by atoms with Crippen LogP contribution in [0.4, 0.5) is 0 Å². The van der Waals surface area contributed by atoms with Crippen molar-refractivity contribution in [3.05, 3.63) is 11.1 Å². The van der Waals surface area contributed by atoms with Crippen LogP contribution in [0.15, 0.2) is 11.1 Å². The van der Waals surface area contributed by atoms with Crippen molar-refractivity contribution in [3.8, 4) is 0 Å². The highest BCUT2D eigenvalue weighted by molar-refractivity contribution is 6.25. The third-order valence-electron chi connectivity index (χ3n) is 1.82. The third-order valence-corrected chi connectivity index (χ3v) is 2.20. The van der Waals surface area contributed by atoms with Gasteiger partial charge >= 0.3 is 0 Å². The first-order valence-electron chi connectivity index (χ1n) is 4.49. The predicted molar refractivity (Wildman–Crippen MR) is 53.0 cm³/mol. The summed E-state index contributed by atoms with van der Waals surface area (Å²) in [5, 5.41) is 3.24.